The lowest BCUT2D eigenvalue weighted by Crippen LogP contribution is -2.30. The molecule has 2 rings (SSSR count). The second-order valence-electron chi connectivity index (χ2n) is 4.39. The minimum Gasteiger partial charge on any atom is -0.356 e. The molecule has 1 amide bonds. The van der Waals surface area contributed by atoms with Crippen molar-refractivity contribution < 1.29 is 9.18 Å². The highest BCUT2D eigenvalue weighted by Gasteiger charge is 2.23. The van der Waals surface area contributed by atoms with Gasteiger partial charge >= 0.3 is 0 Å². The largest absolute Gasteiger partial charge is 0.356 e. The first kappa shape index (κ1) is 12.4. The van der Waals surface area contributed by atoms with E-state index in [0.29, 0.717) is 17.0 Å². The second kappa shape index (κ2) is 5.50. The van der Waals surface area contributed by atoms with Gasteiger partial charge in [0.2, 0.25) is 5.91 Å². The molecule has 1 aromatic carbocycles. The summed E-state index contributed by atoms with van der Waals surface area (Å²) in [4.78, 5) is 11.8. The molecule has 4 heteroatoms. The summed E-state index contributed by atoms with van der Waals surface area (Å²) >= 11 is 5.97. The molecular formula is C13H15ClFNO. The monoisotopic (exact) mass is 255 g/mol. The lowest BCUT2D eigenvalue weighted by molar-refractivity contribution is -0.124. The van der Waals surface area contributed by atoms with Gasteiger partial charge in [-0.1, -0.05) is 24.1 Å². The third-order valence-electron chi connectivity index (χ3n) is 3.16. The Morgan fingerprint density at radius 2 is 2.24 bits per heavy atom. The van der Waals surface area contributed by atoms with E-state index in [1.807, 2.05) is 0 Å². The topological polar surface area (TPSA) is 29.1 Å². The van der Waals surface area contributed by atoms with E-state index < -0.39 is 0 Å². The molecule has 0 aliphatic carbocycles. The van der Waals surface area contributed by atoms with Gasteiger partial charge in [0.25, 0.3) is 0 Å². The Kier molecular flexibility index (Phi) is 4.00. The quantitative estimate of drug-likeness (QED) is 0.865. The fraction of sp³-hybridized carbons (Fsp3) is 0.462. The van der Waals surface area contributed by atoms with Crippen LogP contribution >= 0.6 is 11.6 Å². The molecule has 2 nitrogen and oxygen atoms in total. The predicted octanol–water partition coefficient (Wildman–Crippen LogP) is 2.94. The Balaban J connectivity index is 2.16. The molecule has 1 unspecified atom stereocenters. The van der Waals surface area contributed by atoms with Crippen LogP contribution in [0, 0.1) is 11.7 Å². The molecule has 0 aromatic heterocycles. The number of hydrogen-bond acceptors (Lipinski definition) is 1. The summed E-state index contributed by atoms with van der Waals surface area (Å²) in [5, 5.41) is 3.25. The standard InChI is InChI=1S/C13H15ClFNO/c14-11-5-3-6-12(15)10(11)8-9-4-1-2-7-16-13(9)17/h3,5-6,9H,1-2,4,7-8H2,(H,16,17). The van der Waals surface area contributed by atoms with Gasteiger partial charge in [0, 0.05) is 23.0 Å². The van der Waals surface area contributed by atoms with Gasteiger partial charge in [0.1, 0.15) is 5.82 Å². The van der Waals surface area contributed by atoms with Crippen molar-refractivity contribution in [1.82, 2.24) is 5.32 Å². The number of carbonyl (C=O) groups excluding carboxylic acids is 1. The molecule has 1 saturated heterocycles. The van der Waals surface area contributed by atoms with Gasteiger partial charge in [0.05, 0.1) is 0 Å². The van der Waals surface area contributed by atoms with E-state index in [4.69, 9.17) is 11.6 Å². The number of nitrogens with one attached hydrogen (secondary N) is 1. The van der Waals surface area contributed by atoms with Gasteiger partial charge in [-0.15, -0.1) is 0 Å². The Morgan fingerprint density at radius 3 is 3.00 bits per heavy atom. The molecule has 1 aromatic rings. The highest BCUT2D eigenvalue weighted by atomic mass is 35.5. The normalized spacial score (nSPS) is 20.8. The molecule has 0 bridgehead atoms. The third kappa shape index (κ3) is 2.97. The number of carbonyl (C=O) groups is 1. The molecule has 1 fully saturated rings. The fourth-order valence-corrected chi connectivity index (χ4v) is 2.41. The van der Waals surface area contributed by atoms with Crippen molar-refractivity contribution in [2.75, 3.05) is 6.54 Å². The molecule has 1 atom stereocenters. The molecular weight excluding hydrogens is 241 g/mol. The van der Waals surface area contributed by atoms with Crippen molar-refractivity contribution in [3.05, 3.63) is 34.6 Å². The van der Waals surface area contributed by atoms with Crippen molar-refractivity contribution in [3.8, 4) is 0 Å². The number of hydrogen-bond donors (Lipinski definition) is 1. The van der Waals surface area contributed by atoms with Crippen LogP contribution in [0.15, 0.2) is 18.2 Å². The van der Waals surface area contributed by atoms with E-state index in [2.05, 4.69) is 5.32 Å². The van der Waals surface area contributed by atoms with E-state index >= 15 is 0 Å². The fourth-order valence-electron chi connectivity index (χ4n) is 2.17. The number of rotatable bonds is 2. The first-order valence-corrected chi connectivity index (χ1v) is 6.27. The van der Waals surface area contributed by atoms with Crippen LogP contribution in [0.25, 0.3) is 0 Å². The van der Waals surface area contributed by atoms with E-state index in [9.17, 15) is 9.18 Å². The maximum Gasteiger partial charge on any atom is 0.223 e. The average molecular weight is 256 g/mol. The summed E-state index contributed by atoms with van der Waals surface area (Å²) in [5.74, 6) is -0.469. The summed E-state index contributed by atoms with van der Waals surface area (Å²) < 4.78 is 13.6. The summed E-state index contributed by atoms with van der Waals surface area (Å²) in [5.41, 5.74) is 0.455. The first-order valence-electron chi connectivity index (χ1n) is 5.89. The Morgan fingerprint density at radius 1 is 1.41 bits per heavy atom. The maximum atomic E-state index is 13.6. The Bertz CT molecular complexity index is 402. The van der Waals surface area contributed by atoms with Crippen molar-refractivity contribution in [2.24, 2.45) is 5.92 Å². The Labute approximate surface area is 105 Å². The van der Waals surface area contributed by atoms with Gasteiger partial charge in [-0.05, 0) is 31.4 Å². The minimum absolute atomic E-state index is 0.0156. The predicted molar refractivity (Wildman–Crippen MR) is 65.5 cm³/mol. The Hall–Kier alpha value is -1.09. The van der Waals surface area contributed by atoms with Gasteiger partial charge < -0.3 is 5.32 Å². The zero-order valence-electron chi connectivity index (χ0n) is 9.51. The van der Waals surface area contributed by atoms with Gasteiger partial charge in [0.15, 0.2) is 0 Å². The smallest absolute Gasteiger partial charge is 0.223 e. The van der Waals surface area contributed by atoms with E-state index in [-0.39, 0.29) is 17.6 Å². The van der Waals surface area contributed by atoms with Crippen LogP contribution < -0.4 is 5.32 Å². The molecule has 92 valence electrons. The summed E-state index contributed by atoms with van der Waals surface area (Å²) in [6.45, 7) is 0.723. The highest BCUT2D eigenvalue weighted by molar-refractivity contribution is 6.31. The molecule has 1 aliphatic heterocycles. The summed E-state index contributed by atoms with van der Waals surface area (Å²) in [7, 11) is 0. The summed E-state index contributed by atoms with van der Waals surface area (Å²) in [6.07, 6.45) is 3.18. The van der Waals surface area contributed by atoms with Crippen molar-refractivity contribution >= 4 is 17.5 Å². The molecule has 0 radical (unpaired) electrons. The molecule has 17 heavy (non-hydrogen) atoms. The average Bonchev–Trinajstić information content (AvgIpc) is 2.49. The van der Waals surface area contributed by atoms with Crippen LogP contribution in [0.1, 0.15) is 24.8 Å². The molecule has 0 spiro atoms. The van der Waals surface area contributed by atoms with E-state index in [1.165, 1.54) is 6.07 Å². The van der Waals surface area contributed by atoms with Gasteiger partial charge in [-0.3, -0.25) is 4.79 Å². The first-order chi connectivity index (χ1) is 8.18. The van der Waals surface area contributed by atoms with Crippen LogP contribution in [0.5, 0.6) is 0 Å². The van der Waals surface area contributed by atoms with Crippen LogP contribution in [-0.2, 0) is 11.2 Å². The number of amides is 1. The van der Waals surface area contributed by atoms with Crippen LogP contribution in [0.3, 0.4) is 0 Å². The van der Waals surface area contributed by atoms with Crippen molar-refractivity contribution in [3.63, 3.8) is 0 Å². The van der Waals surface area contributed by atoms with Gasteiger partial charge in [-0.2, -0.15) is 0 Å². The SMILES string of the molecule is O=C1NCCCCC1Cc1c(F)cccc1Cl. The molecule has 1 aliphatic rings. The van der Waals surface area contributed by atoms with Crippen LogP contribution in [-0.4, -0.2) is 12.5 Å². The number of benzene rings is 1. The lowest BCUT2D eigenvalue weighted by atomic mass is 9.94. The molecule has 1 heterocycles. The molecule has 1 N–H and O–H groups in total. The second-order valence-corrected chi connectivity index (χ2v) is 4.80. The van der Waals surface area contributed by atoms with Crippen molar-refractivity contribution in [1.29, 1.82) is 0 Å². The zero-order valence-corrected chi connectivity index (χ0v) is 10.3. The summed E-state index contributed by atoms with van der Waals surface area (Å²) in [6, 6.07) is 4.62. The molecule has 0 saturated carbocycles. The minimum atomic E-state index is -0.324. The van der Waals surface area contributed by atoms with Crippen LogP contribution in [0.2, 0.25) is 5.02 Å². The van der Waals surface area contributed by atoms with Crippen LogP contribution in [0.4, 0.5) is 4.39 Å². The van der Waals surface area contributed by atoms with Crippen molar-refractivity contribution in [2.45, 2.75) is 25.7 Å². The zero-order chi connectivity index (χ0) is 12.3. The number of halogens is 2. The van der Waals surface area contributed by atoms with E-state index in [0.717, 1.165) is 25.8 Å². The third-order valence-corrected chi connectivity index (χ3v) is 3.52. The maximum absolute atomic E-state index is 13.6. The van der Waals surface area contributed by atoms with E-state index in [1.54, 1.807) is 12.1 Å². The highest BCUT2D eigenvalue weighted by Crippen LogP contribution is 2.25. The lowest BCUT2D eigenvalue weighted by Gasteiger charge is -2.14. The van der Waals surface area contributed by atoms with Gasteiger partial charge in [-0.25, -0.2) is 4.39 Å².